The van der Waals surface area contributed by atoms with Crippen molar-refractivity contribution < 1.29 is 0 Å². The molecule has 0 aliphatic carbocycles. The Morgan fingerprint density at radius 2 is 1.76 bits per heavy atom. The van der Waals surface area contributed by atoms with Crippen LogP contribution in [-0.2, 0) is 6.54 Å². The molecular weight excluding hydrogens is 440 g/mol. The van der Waals surface area contributed by atoms with E-state index in [0.717, 1.165) is 19.6 Å². The topological polar surface area (TPSA) is 37.8 Å². The lowest BCUT2D eigenvalue weighted by atomic mass is 10.1. The van der Waals surface area contributed by atoms with Crippen LogP contribution in [-0.4, -0.2) is 9.97 Å². The third kappa shape index (κ3) is 3.27. The van der Waals surface area contributed by atoms with E-state index in [1.54, 1.807) is 6.33 Å². The zero-order valence-corrected chi connectivity index (χ0v) is 13.6. The zero-order chi connectivity index (χ0) is 12.3. The summed E-state index contributed by atoms with van der Waals surface area (Å²) in [5.74, 6) is 0. The Morgan fingerprint density at radius 1 is 1.12 bits per heavy atom. The SMILES string of the molecule is Cc1ccccc1CNc1c(I)ncnc1I. The van der Waals surface area contributed by atoms with E-state index in [2.05, 4.69) is 91.7 Å². The molecular formula is C12H11I2N3. The van der Waals surface area contributed by atoms with Crippen molar-refractivity contribution in [2.75, 3.05) is 5.32 Å². The van der Waals surface area contributed by atoms with Gasteiger partial charge in [-0.2, -0.15) is 0 Å². The normalized spacial score (nSPS) is 10.3. The fourth-order valence-corrected chi connectivity index (χ4v) is 3.14. The Bertz CT molecular complexity index is 509. The van der Waals surface area contributed by atoms with Crippen molar-refractivity contribution in [1.29, 1.82) is 0 Å². The van der Waals surface area contributed by atoms with Crippen molar-refractivity contribution in [2.45, 2.75) is 13.5 Å². The molecule has 3 nitrogen and oxygen atoms in total. The second-order valence-electron chi connectivity index (χ2n) is 3.61. The Kier molecular flexibility index (Phi) is 4.55. The van der Waals surface area contributed by atoms with Crippen molar-refractivity contribution in [3.8, 4) is 0 Å². The molecule has 0 atom stereocenters. The van der Waals surface area contributed by atoms with Crippen LogP contribution in [0.15, 0.2) is 30.6 Å². The molecule has 0 spiro atoms. The molecule has 88 valence electrons. The summed E-state index contributed by atoms with van der Waals surface area (Å²) in [7, 11) is 0. The van der Waals surface area contributed by atoms with Crippen LogP contribution in [0.4, 0.5) is 5.69 Å². The van der Waals surface area contributed by atoms with Gasteiger partial charge >= 0.3 is 0 Å². The summed E-state index contributed by atoms with van der Waals surface area (Å²) >= 11 is 4.44. The number of rotatable bonds is 3. The minimum atomic E-state index is 0.798. The molecule has 1 aromatic heterocycles. The van der Waals surface area contributed by atoms with Gasteiger partial charge in [0.15, 0.2) is 0 Å². The summed E-state index contributed by atoms with van der Waals surface area (Å²) in [5, 5.41) is 3.40. The highest BCUT2D eigenvalue weighted by Crippen LogP contribution is 2.21. The van der Waals surface area contributed by atoms with Crippen LogP contribution in [0.5, 0.6) is 0 Å². The summed E-state index contributed by atoms with van der Waals surface area (Å²) in [5.41, 5.74) is 3.60. The van der Waals surface area contributed by atoms with Crippen LogP contribution >= 0.6 is 45.2 Å². The van der Waals surface area contributed by atoms with E-state index in [-0.39, 0.29) is 0 Å². The van der Waals surface area contributed by atoms with Gasteiger partial charge in [0.2, 0.25) is 0 Å². The molecule has 0 saturated carbocycles. The summed E-state index contributed by atoms with van der Waals surface area (Å²) in [6, 6.07) is 8.36. The lowest BCUT2D eigenvalue weighted by Gasteiger charge is -2.10. The van der Waals surface area contributed by atoms with Crippen LogP contribution in [0.25, 0.3) is 0 Å². The number of nitrogens with one attached hydrogen (secondary N) is 1. The average molecular weight is 451 g/mol. The number of benzene rings is 1. The summed E-state index contributed by atoms with van der Waals surface area (Å²) in [6.45, 7) is 2.92. The zero-order valence-electron chi connectivity index (χ0n) is 9.24. The van der Waals surface area contributed by atoms with Crippen molar-refractivity contribution in [3.63, 3.8) is 0 Å². The third-order valence-electron chi connectivity index (χ3n) is 2.47. The quantitative estimate of drug-likeness (QED) is 0.573. The Balaban J connectivity index is 2.16. The van der Waals surface area contributed by atoms with Crippen molar-refractivity contribution in [2.24, 2.45) is 0 Å². The minimum Gasteiger partial charge on any atom is -0.377 e. The highest BCUT2D eigenvalue weighted by Gasteiger charge is 2.06. The molecule has 0 fully saturated rings. The van der Waals surface area contributed by atoms with E-state index < -0.39 is 0 Å². The van der Waals surface area contributed by atoms with Crippen LogP contribution in [0, 0.1) is 14.3 Å². The van der Waals surface area contributed by atoms with Gasteiger partial charge < -0.3 is 5.32 Å². The third-order valence-corrected chi connectivity index (χ3v) is 4.11. The minimum absolute atomic E-state index is 0.798. The monoisotopic (exact) mass is 451 g/mol. The molecule has 1 aromatic carbocycles. The first-order valence-electron chi connectivity index (χ1n) is 5.13. The number of nitrogens with zero attached hydrogens (tertiary/aromatic N) is 2. The number of aryl methyl sites for hydroxylation is 1. The second kappa shape index (κ2) is 5.94. The maximum atomic E-state index is 4.18. The molecule has 0 amide bonds. The van der Waals surface area contributed by atoms with E-state index in [1.807, 2.05) is 0 Å². The second-order valence-corrected chi connectivity index (χ2v) is 5.65. The number of hydrogen-bond acceptors (Lipinski definition) is 3. The van der Waals surface area contributed by atoms with Gasteiger partial charge in [-0.25, -0.2) is 9.97 Å². The first kappa shape index (κ1) is 13.0. The van der Waals surface area contributed by atoms with Crippen molar-refractivity contribution in [3.05, 3.63) is 49.1 Å². The maximum Gasteiger partial charge on any atom is 0.128 e. The summed E-state index contributed by atoms with van der Waals surface area (Å²) in [6.07, 6.45) is 1.59. The molecule has 2 aromatic rings. The first-order chi connectivity index (χ1) is 8.18. The van der Waals surface area contributed by atoms with Gasteiger partial charge in [0, 0.05) is 6.54 Å². The Labute approximate surface area is 128 Å². The molecule has 0 saturated heterocycles. The predicted molar refractivity (Wildman–Crippen MR) is 86.0 cm³/mol. The molecule has 1 N–H and O–H groups in total. The highest BCUT2D eigenvalue weighted by molar-refractivity contribution is 14.1. The standard InChI is InChI=1S/C12H11I2N3/c1-8-4-2-3-5-9(8)6-15-10-11(13)16-7-17-12(10)14/h2-5,7,15H,6H2,1H3. The molecule has 17 heavy (non-hydrogen) atoms. The summed E-state index contributed by atoms with van der Waals surface area (Å²) < 4.78 is 1.91. The van der Waals surface area contributed by atoms with E-state index in [1.165, 1.54) is 11.1 Å². The van der Waals surface area contributed by atoms with Crippen LogP contribution in [0.2, 0.25) is 0 Å². The summed E-state index contributed by atoms with van der Waals surface area (Å²) in [4.78, 5) is 8.37. The van der Waals surface area contributed by atoms with Crippen molar-refractivity contribution in [1.82, 2.24) is 9.97 Å². The Hall–Kier alpha value is -0.440. The predicted octanol–water partition coefficient (Wildman–Crippen LogP) is 3.61. The molecule has 2 rings (SSSR count). The Morgan fingerprint density at radius 3 is 2.41 bits per heavy atom. The molecule has 0 unspecified atom stereocenters. The lowest BCUT2D eigenvalue weighted by Crippen LogP contribution is -2.06. The van der Waals surface area contributed by atoms with Crippen molar-refractivity contribution >= 4 is 50.9 Å². The lowest BCUT2D eigenvalue weighted by molar-refractivity contribution is 1.05. The number of aromatic nitrogens is 2. The fourth-order valence-electron chi connectivity index (χ4n) is 1.48. The van der Waals surface area contributed by atoms with E-state index >= 15 is 0 Å². The van der Waals surface area contributed by atoms with E-state index in [0.29, 0.717) is 0 Å². The van der Waals surface area contributed by atoms with Gasteiger partial charge in [-0.1, -0.05) is 24.3 Å². The number of hydrogen-bond donors (Lipinski definition) is 1. The van der Waals surface area contributed by atoms with Gasteiger partial charge in [0.25, 0.3) is 0 Å². The van der Waals surface area contributed by atoms with Crippen LogP contribution < -0.4 is 5.32 Å². The number of halogens is 2. The van der Waals surface area contributed by atoms with Gasteiger partial charge in [-0.15, -0.1) is 0 Å². The molecule has 0 radical (unpaired) electrons. The molecule has 0 aliphatic rings. The average Bonchev–Trinajstić information content (AvgIpc) is 2.30. The smallest absolute Gasteiger partial charge is 0.128 e. The molecule has 5 heteroatoms. The molecule has 0 aliphatic heterocycles. The van der Waals surface area contributed by atoms with Crippen LogP contribution in [0.3, 0.4) is 0 Å². The maximum absolute atomic E-state index is 4.18. The highest BCUT2D eigenvalue weighted by atomic mass is 127. The van der Waals surface area contributed by atoms with Crippen LogP contribution in [0.1, 0.15) is 11.1 Å². The largest absolute Gasteiger partial charge is 0.377 e. The molecule has 1 heterocycles. The fraction of sp³-hybridized carbons (Fsp3) is 0.167. The van der Waals surface area contributed by atoms with E-state index in [4.69, 9.17) is 0 Å². The van der Waals surface area contributed by atoms with Gasteiger partial charge in [0.05, 0.1) is 5.69 Å². The van der Waals surface area contributed by atoms with Gasteiger partial charge in [-0.3, -0.25) is 0 Å². The first-order valence-corrected chi connectivity index (χ1v) is 7.28. The van der Waals surface area contributed by atoms with Gasteiger partial charge in [-0.05, 0) is 63.2 Å². The van der Waals surface area contributed by atoms with Gasteiger partial charge in [0.1, 0.15) is 13.7 Å². The van der Waals surface area contributed by atoms with E-state index in [9.17, 15) is 0 Å². The molecule has 0 bridgehead atoms. The number of anilines is 1.